The molecule has 0 saturated carbocycles. The van der Waals surface area contributed by atoms with Crippen molar-refractivity contribution >= 4 is 5.91 Å². The molecule has 0 spiro atoms. The van der Waals surface area contributed by atoms with Gasteiger partial charge in [0.25, 0.3) is 0 Å². The molecule has 4 nitrogen and oxygen atoms in total. The molecular weight excluding hydrogens is 335 g/mol. The average Bonchev–Trinajstić information content (AvgIpc) is 2.59. The summed E-state index contributed by atoms with van der Waals surface area (Å²) in [5.41, 5.74) is 0.262. The first kappa shape index (κ1) is 18.6. The zero-order chi connectivity index (χ0) is 18.4. The van der Waals surface area contributed by atoms with E-state index in [4.69, 9.17) is 9.47 Å². The molecule has 0 heterocycles. The molecule has 0 saturated heterocycles. The number of carbonyl (C=O) groups is 1. The third-order valence-corrected chi connectivity index (χ3v) is 3.58. The minimum atomic E-state index is -4.41. The van der Waals surface area contributed by atoms with Gasteiger partial charge in [-0.25, -0.2) is 0 Å². The third kappa shape index (κ3) is 5.14. The van der Waals surface area contributed by atoms with Gasteiger partial charge in [-0.3, -0.25) is 4.79 Å². The number of hydrogen-bond donors (Lipinski definition) is 1. The third-order valence-electron chi connectivity index (χ3n) is 3.58. The largest absolute Gasteiger partial charge is 0.497 e. The van der Waals surface area contributed by atoms with Crippen molar-refractivity contribution in [3.05, 3.63) is 59.2 Å². The molecule has 0 radical (unpaired) electrons. The molecule has 0 bridgehead atoms. The number of nitrogens with one attached hydrogen (secondary N) is 1. The van der Waals surface area contributed by atoms with Gasteiger partial charge in [0.05, 0.1) is 26.2 Å². The Bertz CT molecular complexity index is 745. The van der Waals surface area contributed by atoms with E-state index < -0.39 is 11.7 Å². The maximum Gasteiger partial charge on any atom is 0.416 e. The van der Waals surface area contributed by atoms with Crippen molar-refractivity contribution in [2.45, 2.75) is 19.1 Å². The highest BCUT2D eigenvalue weighted by molar-refractivity contribution is 5.79. The summed E-state index contributed by atoms with van der Waals surface area (Å²) in [6, 6.07) is 9.94. The molecule has 1 N–H and O–H groups in total. The lowest BCUT2D eigenvalue weighted by Gasteiger charge is -2.12. The monoisotopic (exact) mass is 353 g/mol. The molecule has 0 atom stereocenters. The van der Waals surface area contributed by atoms with Gasteiger partial charge >= 0.3 is 6.18 Å². The molecule has 2 aromatic rings. The molecule has 0 aliphatic rings. The number of rotatable bonds is 6. The lowest BCUT2D eigenvalue weighted by molar-refractivity contribution is -0.137. The number of methoxy groups -OCH3 is 2. The van der Waals surface area contributed by atoms with Gasteiger partial charge in [0.15, 0.2) is 0 Å². The van der Waals surface area contributed by atoms with Gasteiger partial charge in [-0.15, -0.1) is 0 Å². The Morgan fingerprint density at radius 1 is 1.08 bits per heavy atom. The quantitative estimate of drug-likeness (QED) is 0.864. The van der Waals surface area contributed by atoms with E-state index >= 15 is 0 Å². The average molecular weight is 353 g/mol. The molecule has 2 rings (SSSR count). The summed E-state index contributed by atoms with van der Waals surface area (Å²) in [7, 11) is 3.01. The normalized spacial score (nSPS) is 11.1. The summed E-state index contributed by atoms with van der Waals surface area (Å²) in [6.07, 6.45) is -4.38. The highest BCUT2D eigenvalue weighted by Gasteiger charge is 2.30. The Morgan fingerprint density at radius 2 is 1.84 bits per heavy atom. The second-order valence-corrected chi connectivity index (χ2v) is 5.33. The van der Waals surface area contributed by atoms with E-state index in [1.54, 1.807) is 18.2 Å². The first-order chi connectivity index (χ1) is 11.8. The van der Waals surface area contributed by atoms with E-state index in [-0.39, 0.29) is 18.9 Å². The van der Waals surface area contributed by atoms with E-state index in [9.17, 15) is 18.0 Å². The van der Waals surface area contributed by atoms with Gasteiger partial charge in [-0.1, -0.05) is 12.1 Å². The van der Waals surface area contributed by atoms with Crippen molar-refractivity contribution < 1.29 is 27.4 Å². The lowest BCUT2D eigenvalue weighted by atomic mass is 10.1. The predicted octanol–water partition coefficient (Wildman–Crippen LogP) is 3.58. The SMILES string of the molecule is COc1ccc(OC)c(CC(=O)NCc2cccc(C(F)(F)F)c2)c1. The van der Waals surface area contributed by atoms with Crippen molar-refractivity contribution in [2.24, 2.45) is 0 Å². The molecule has 25 heavy (non-hydrogen) atoms. The maximum atomic E-state index is 12.7. The van der Waals surface area contributed by atoms with Crippen molar-refractivity contribution in [3.8, 4) is 11.5 Å². The van der Waals surface area contributed by atoms with Gasteiger partial charge < -0.3 is 14.8 Å². The number of halogens is 3. The summed E-state index contributed by atoms with van der Waals surface area (Å²) in [5.74, 6) is 0.792. The molecule has 2 aromatic carbocycles. The minimum absolute atomic E-state index is 0.00897. The van der Waals surface area contributed by atoms with Gasteiger partial charge in [0.2, 0.25) is 5.91 Å². The summed E-state index contributed by atoms with van der Waals surface area (Å²) < 4.78 is 48.4. The van der Waals surface area contributed by atoms with Crippen LogP contribution in [0.25, 0.3) is 0 Å². The van der Waals surface area contributed by atoms with E-state index in [1.165, 1.54) is 26.4 Å². The molecule has 7 heteroatoms. The van der Waals surface area contributed by atoms with Gasteiger partial charge in [0.1, 0.15) is 11.5 Å². The Hall–Kier alpha value is -2.70. The number of ether oxygens (including phenoxy) is 2. The van der Waals surface area contributed by atoms with Crippen LogP contribution in [0.2, 0.25) is 0 Å². The number of carbonyl (C=O) groups excluding carboxylic acids is 1. The van der Waals surface area contributed by atoms with E-state index in [0.29, 0.717) is 22.6 Å². The zero-order valence-corrected chi connectivity index (χ0v) is 13.8. The molecule has 0 aromatic heterocycles. The fourth-order valence-electron chi connectivity index (χ4n) is 2.31. The Morgan fingerprint density at radius 3 is 2.48 bits per heavy atom. The van der Waals surface area contributed by atoms with Gasteiger partial charge in [-0.2, -0.15) is 13.2 Å². The van der Waals surface area contributed by atoms with E-state index in [0.717, 1.165) is 12.1 Å². The smallest absolute Gasteiger partial charge is 0.416 e. The van der Waals surface area contributed by atoms with Crippen LogP contribution in [0, 0.1) is 0 Å². The molecule has 0 fully saturated rings. The summed E-state index contributed by atoms with van der Waals surface area (Å²) in [6.45, 7) is 0.00897. The second kappa shape index (κ2) is 7.92. The van der Waals surface area contributed by atoms with Gasteiger partial charge in [0, 0.05) is 12.1 Å². The molecule has 0 aliphatic heterocycles. The van der Waals surface area contributed by atoms with Crippen molar-refractivity contribution in [1.29, 1.82) is 0 Å². The van der Waals surface area contributed by atoms with Crippen LogP contribution in [-0.2, 0) is 23.9 Å². The molecule has 0 aliphatic carbocycles. The minimum Gasteiger partial charge on any atom is -0.497 e. The first-order valence-electron chi connectivity index (χ1n) is 7.47. The highest BCUT2D eigenvalue weighted by atomic mass is 19.4. The molecule has 1 amide bonds. The predicted molar refractivity (Wildman–Crippen MR) is 86.5 cm³/mol. The molecule has 0 unspecified atom stereocenters. The Labute approximate surface area is 143 Å². The van der Waals surface area contributed by atoms with Crippen LogP contribution >= 0.6 is 0 Å². The van der Waals surface area contributed by atoms with Crippen LogP contribution in [0.15, 0.2) is 42.5 Å². The fourth-order valence-corrected chi connectivity index (χ4v) is 2.31. The molecule has 134 valence electrons. The Kier molecular flexibility index (Phi) is 5.90. The van der Waals surface area contributed by atoms with Crippen LogP contribution in [0.5, 0.6) is 11.5 Å². The second-order valence-electron chi connectivity index (χ2n) is 5.33. The summed E-state index contributed by atoms with van der Waals surface area (Å²) in [5, 5.41) is 2.61. The van der Waals surface area contributed by atoms with Gasteiger partial charge in [-0.05, 0) is 35.9 Å². The number of alkyl halides is 3. The van der Waals surface area contributed by atoms with Crippen molar-refractivity contribution in [2.75, 3.05) is 14.2 Å². The van der Waals surface area contributed by atoms with Crippen LogP contribution in [0.1, 0.15) is 16.7 Å². The first-order valence-corrected chi connectivity index (χ1v) is 7.47. The number of amides is 1. The molecular formula is C18H18F3NO3. The Balaban J connectivity index is 2.02. The standard InChI is InChI=1S/C18H18F3NO3/c1-24-15-6-7-16(25-2)13(9-15)10-17(23)22-11-12-4-3-5-14(8-12)18(19,20)21/h3-9H,10-11H2,1-2H3,(H,22,23). The fraction of sp³-hybridized carbons (Fsp3) is 0.278. The number of benzene rings is 2. The van der Waals surface area contributed by atoms with Crippen LogP contribution in [-0.4, -0.2) is 20.1 Å². The topological polar surface area (TPSA) is 47.6 Å². The van der Waals surface area contributed by atoms with E-state index in [2.05, 4.69) is 5.32 Å². The van der Waals surface area contributed by atoms with E-state index in [1.807, 2.05) is 0 Å². The lowest BCUT2D eigenvalue weighted by Crippen LogP contribution is -2.25. The zero-order valence-electron chi connectivity index (χ0n) is 13.8. The summed E-state index contributed by atoms with van der Waals surface area (Å²) in [4.78, 5) is 12.1. The maximum absolute atomic E-state index is 12.7. The van der Waals surface area contributed by atoms with Crippen molar-refractivity contribution in [1.82, 2.24) is 5.32 Å². The number of hydrogen-bond acceptors (Lipinski definition) is 3. The summed E-state index contributed by atoms with van der Waals surface area (Å²) >= 11 is 0. The van der Waals surface area contributed by atoms with Crippen molar-refractivity contribution in [3.63, 3.8) is 0 Å². The van der Waals surface area contributed by atoms with Crippen LogP contribution < -0.4 is 14.8 Å². The van der Waals surface area contributed by atoms with Crippen LogP contribution in [0.3, 0.4) is 0 Å². The van der Waals surface area contributed by atoms with Crippen LogP contribution in [0.4, 0.5) is 13.2 Å². The highest BCUT2D eigenvalue weighted by Crippen LogP contribution is 2.29.